The van der Waals surface area contributed by atoms with Crippen LogP contribution in [0, 0.1) is 5.82 Å². The van der Waals surface area contributed by atoms with Crippen LogP contribution in [0.15, 0.2) is 42.5 Å². The van der Waals surface area contributed by atoms with E-state index in [9.17, 15) is 4.39 Å². The molecule has 2 aromatic carbocycles. The maximum absolute atomic E-state index is 13.1. The average Bonchev–Trinajstić information content (AvgIpc) is 2.54. The van der Waals surface area contributed by atoms with E-state index < -0.39 is 0 Å². The van der Waals surface area contributed by atoms with Crippen LogP contribution in [0.25, 0.3) is 11.6 Å². The Bertz CT molecular complexity index is 776. The van der Waals surface area contributed by atoms with E-state index in [0.29, 0.717) is 0 Å². The highest BCUT2D eigenvalue weighted by atomic mass is 19.1. The quantitative estimate of drug-likeness (QED) is 0.537. The molecule has 0 amide bonds. The number of hydrogen-bond donors (Lipinski definition) is 0. The molecule has 0 aromatic heterocycles. The molecule has 1 aliphatic rings. The number of benzene rings is 2. The summed E-state index contributed by atoms with van der Waals surface area (Å²) in [6.45, 7) is 11.5. The van der Waals surface area contributed by atoms with Crippen molar-refractivity contribution in [1.82, 2.24) is 0 Å². The molecule has 1 aliphatic carbocycles. The highest BCUT2D eigenvalue weighted by Gasteiger charge is 2.36. The molecule has 24 heavy (non-hydrogen) atoms. The molecule has 0 aliphatic heterocycles. The summed E-state index contributed by atoms with van der Waals surface area (Å²) < 4.78 is 13.1. The molecule has 126 valence electrons. The molecule has 1 heteroatoms. The molecule has 0 unspecified atom stereocenters. The van der Waals surface area contributed by atoms with E-state index in [2.05, 4.69) is 58.9 Å². The van der Waals surface area contributed by atoms with Crippen LogP contribution in [0.2, 0.25) is 0 Å². The van der Waals surface area contributed by atoms with Gasteiger partial charge in [0.05, 0.1) is 0 Å². The Hall–Kier alpha value is -1.89. The van der Waals surface area contributed by atoms with Gasteiger partial charge < -0.3 is 0 Å². The van der Waals surface area contributed by atoms with E-state index in [1.54, 1.807) is 0 Å². The molecule has 0 saturated carbocycles. The lowest BCUT2D eigenvalue weighted by molar-refractivity contribution is 0.332. The number of allylic oxidation sites excluding steroid dienone is 1. The van der Waals surface area contributed by atoms with Crippen molar-refractivity contribution in [3.8, 4) is 0 Å². The Kier molecular flexibility index (Phi) is 4.15. The summed E-state index contributed by atoms with van der Waals surface area (Å²) in [5, 5.41) is 0. The van der Waals surface area contributed by atoms with Crippen molar-refractivity contribution in [2.24, 2.45) is 0 Å². The molecule has 0 bridgehead atoms. The van der Waals surface area contributed by atoms with Gasteiger partial charge in [0.1, 0.15) is 5.82 Å². The van der Waals surface area contributed by atoms with Crippen LogP contribution in [-0.4, -0.2) is 0 Å². The van der Waals surface area contributed by atoms with Crippen molar-refractivity contribution < 1.29 is 4.39 Å². The summed E-state index contributed by atoms with van der Waals surface area (Å²) in [5.74, 6) is -0.192. The fourth-order valence-corrected chi connectivity index (χ4v) is 3.73. The third-order valence-electron chi connectivity index (χ3n) is 5.56. The lowest BCUT2D eigenvalue weighted by atomic mass is 9.63. The van der Waals surface area contributed by atoms with Crippen LogP contribution >= 0.6 is 0 Å². The third kappa shape index (κ3) is 3.17. The Labute approximate surface area is 145 Å². The van der Waals surface area contributed by atoms with Crippen LogP contribution in [0.5, 0.6) is 0 Å². The highest BCUT2D eigenvalue weighted by Crippen LogP contribution is 2.46. The second kappa shape index (κ2) is 5.88. The number of halogens is 1. The zero-order valence-electron chi connectivity index (χ0n) is 15.4. The average molecular weight is 322 g/mol. The van der Waals surface area contributed by atoms with Crippen LogP contribution in [0.4, 0.5) is 4.39 Å². The molecule has 0 fully saturated rings. The molecule has 0 N–H and O–H groups in total. The van der Waals surface area contributed by atoms with Crippen molar-refractivity contribution in [2.45, 2.75) is 58.3 Å². The topological polar surface area (TPSA) is 0 Å². The van der Waals surface area contributed by atoms with E-state index in [-0.39, 0.29) is 16.6 Å². The van der Waals surface area contributed by atoms with Gasteiger partial charge in [0.15, 0.2) is 0 Å². The molecule has 0 nitrogen and oxygen atoms in total. The minimum absolute atomic E-state index is 0.192. The monoisotopic (exact) mass is 322 g/mol. The maximum Gasteiger partial charge on any atom is 0.123 e. The molecule has 0 radical (unpaired) electrons. The predicted octanol–water partition coefficient (Wildman–Crippen LogP) is 6.74. The molecule has 3 rings (SSSR count). The van der Waals surface area contributed by atoms with Gasteiger partial charge in [-0.2, -0.15) is 0 Å². The molecule has 0 saturated heterocycles. The highest BCUT2D eigenvalue weighted by molar-refractivity contribution is 5.80. The standard InChI is InChI=1S/C23H27F/c1-16(14-17-6-9-19(24)10-7-17)18-8-11-20-21(15-18)23(4,5)13-12-22(20,2)3/h6-11,14-15H,12-13H2,1-5H3/b16-14+. The van der Waals surface area contributed by atoms with E-state index in [4.69, 9.17) is 0 Å². The van der Waals surface area contributed by atoms with Crippen molar-refractivity contribution in [3.63, 3.8) is 0 Å². The van der Waals surface area contributed by atoms with Gasteiger partial charge in [0.2, 0.25) is 0 Å². The van der Waals surface area contributed by atoms with Gasteiger partial charge in [-0.15, -0.1) is 0 Å². The third-order valence-corrected chi connectivity index (χ3v) is 5.56. The van der Waals surface area contributed by atoms with Gasteiger partial charge in [-0.25, -0.2) is 4.39 Å². The van der Waals surface area contributed by atoms with E-state index in [1.807, 2.05) is 12.1 Å². The van der Waals surface area contributed by atoms with Crippen LogP contribution in [-0.2, 0) is 10.8 Å². The summed E-state index contributed by atoms with van der Waals surface area (Å²) in [7, 11) is 0. The first-order valence-corrected chi connectivity index (χ1v) is 8.78. The second-order valence-corrected chi connectivity index (χ2v) is 8.41. The maximum atomic E-state index is 13.1. The second-order valence-electron chi connectivity index (χ2n) is 8.41. The van der Waals surface area contributed by atoms with Gasteiger partial charge in [0.25, 0.3) is 0 Å². The van der Waals surface area contributed by atoms with Crippen molar-refractivity contribution >= 4 is 11.6 Å². The molecular weight excluding hydrogens is 295 g/mol. The molecule has 0 spiro atoms. The number of hydrogen-bond acceptors (Lipinski definition) is 0. The Morgan fingerprint density at radius 3 is 2.08 bits per heavy atom. The minimum atomic E-state index is -0.192. The van der Waals surface area contributed by atoms with Crippen molar-refractivity contribution in [1.29, 1.82) is 0 Å². The largest absolute Gasteiger partial charge is 0.207 e. The summed E-state index contributed by atoms with van der Waals surface area (Å²) in [5.41, 5.74) is 6.92. The van der Waals surface area contributed by atoms with E-state index in [1.165, 1.54) is 47.2 Å². The molecule has 2 aromatic rings. The van der Waals surface area contributed by atoms with Crippen molar-refractivity contribution in [2.75, 3.05) is 0 Å². The molecular formula is C23H27F. The summed E-state index contributed by atoms with van der Waals surface area (Å²) in [6.07, 6.45) is 4.58. The van der Waals surface area contributed by atoms with Gasteiger partial charge >= 0.3 is 0 Å². The van der Waals surface area contributed by atoms with Crippen LogP contribution in [0.3, 0.4) is 0 Å². The van der Waals surface area contributed by atoms with Gasteiger partial charge in [-0.05, 0) is 70.6 Å². The van der Waals surface area contributed by atoms with Crippen LogP contribution < -0.4 is 0 Å². The SMILES string of the molecule is C/C(=C\c1ccc(F)cc1)c1ccc2c(c1)C(C)(C)CCC2(C)C. The predicted molar refractivity (Wildman–Crippen MR) is 102 cm³/mol. The zero-order valence-corrected chi connectivity index (χ0v) is 15.4. The number of fused-ring (bicyclic) bond motifs is 1. The lowest BCUT2D eigenvalue weighted by Crippen LogP contribution is -2.33. The summed E-state index contributed by atoms with van der Waals surface area (Å²) in [6, 6.07) is 13.6. The first-order valence-electron chi connectivity index (χ1n) is 8.78. The Balaban J connectivity index is 2.03. The van der Waals surface area contributed by atoms with Gasteiger partial charge in [-0.3, -0.25) is 0 Å². The first kappa shape index (κ1) is 17.0. The number of rotatable bonds is 2. The molecule has 0 heterocycles. The fraction of sp³-hybridized carbons (Fsp3) is 0.391. The van der Waals surface area contributed by atoms with Gasteiger partial charge in [-0.1, -0.05) is 64.1 Å². The van der Waals surface area contributed by atoms with E-state index >= 15 is 0 Å². The fourth-order valence-electron chi connectivity index (χ4n) is 3.73. The zero-order chi connectivity index (χ0) is 17.5. The Morgan fingerprint density at radius 2 is 1.46 bits per heavy atom. The minimum Gasteiger partial charge on any atom is -0.207 e. The normalized spacial score (nSPS) is 19.0. The van der Waals surface area contributed by atoms with Crippen LogP contribution in [0.1, 0.15) is 69.7 Å². The van der Waals surface area contributed by atoms with E-state index in [0.717, 1.165) is 5.56 Å². The van der Waals surface area contributed by atoms with Crippen molar-refractivity contribution in [3.05, 3.63) is 70.5 Å². The summed E-state index contributed by atoms with van der Waals surface area (Å²) in [4.78, 5) is 0. The Morgan fingerprint density at radius 1 is 0.875 bits per heavy atom. The summed E-state index contributed by atoms with van der Waals surface area (Å²) >= 11 is 0. The lowest BCUT2D eigenvalue weighted by Gasteiger charge is -2.42. The van der Waals surface area contributed by atoms with Gasteiger partial charge in [0, 0.05) is 0 Å². The first-order chi connectivity index (χ1) is 11.2. The molecule has 0 atom stereocenters. The smallest absolute Gasteiger partial charge is 0.123 e.